The molecule has 6 aromatic carbocycles. The van der Waals surface area contributed by atoms with Gasteiger partial charge in [0.1, 0.15) is 19.8 Å². The third-order valence-electron chi connectivity index (χ3n) is 16.2. The van der Waals surface area contributed by atoms with Crippen LogP contribution in [0.3, 0.4) is 0 Å². The van der Waals surface area contributed by atoms with Crippen LogP contribution in [0.4, 0.5) is 34.1 Å². The summed E-state index contributed by atoms with van der Waals surface area (Å²) in [7, 11) is 0. The second-order valence-electron chi connectivity index (χ2n) is 22.9. The molecule has 0 bridgehead atoms. The van der Waals surface area contributed by atoms with Gasteiger partial charge in [0.2, 0.25) is 0 Å². The van der Waals surface area contributed by atoms with Crippen molar-refractivity contribution in [2.24, 2.45) is 16.2 Å². The Balaban J connectivity index is 0.000000203. The van der Waals surface area contributed by atoms with Crippen LogP contribution in [0.5, 0.6) is 0 Å². The molecule has 3 fully saturated rings. The smallest absolute Gasteiger partial charge is 0.306 e. The van der Waals surface area contributed by atoms with Crippen LogP contribution in [-0.4, -0.2) is 106 Å². The van der Waals surface area contributed by atoms with Gasteiger partial charge in [0.15, 0.2) is 16.2 Å². The van der Waals surface area contributed by atoms with Crippen LogP contribution in [0.25, 0.3) is 0 Å². The van der Waals surface area contributed by atoms with Crippen LogP contribution < -0.4 is 30.1 Å². The van der Waals surface area contributed by atoms with Gasteiger partial charge in [0, 0.05) is 0 Å². The molecular formula is C72H78N6O18. The molecule has 0 atom stereocenters. The lowest BCUT2D eigenvalue weighted by Crippen LogP contribution is -2.42. The maximum Gasteiger partial charge on any atom is 0.306 e. The molecule has 0 aromatic heterocycles. The van der Waals surface area contributed by atoms with Gasteiger partial charge in [0.05, 0.1) is 72.6 Å². The van der Waals surface area contributed by atoms with E-state index >= 15 is 0 Å². The number of hydrogen-bond donors (Lipinski definition) is 3. The largest absolute Gasteiger partial charge is 0.481 e. The molecule has 3 N–H and O–H groups in total. The molecule has 96 heavy (non-hydrogen) atoms. The van der Waals surface area contributed by atoms with Crippen LogP contribution >= 0.6 is 0 Å². The lowest BCUT2D eigenvalue weighted by atomic mass is 9.82. The predicted molar refractivity (Wildman–Crippen MR) is 353 cm³/mol. The molecular weight excluding hydrogens is 1240 g/mol. The zero-order valence-electron chi connectivity index (χ0n) is 53.7. The number of benzene rings is 6. The average molecular weight is 1320 g/mol. The van der Waals surface area contributed by atoms with E-state index in [2.05, 4.69) is 0 Å². The standard InChI is InChI=1S/3C24H26N2O6/c3*1-2-3-16-24(17-32-21(29)15-14-20(27)28)22(30)25(18-10-6-4-7-11-18)26(23(24)31)19-12-8-5-9-13-19/h3*4-13H,2-3,14-17H2,1H3,(H,27,28). The van der Waals surface area contributed by atoms with Crippen molar-refractivity contribution in [1.29, 1.82) is 0 Å². The topological polar surface area (TPSA) is 313 Å². The number of carbonyl (C=O) groups is 12. The lowest BCUT2D eigenvalue weighted by molar-refractivity contribution is -0.155. The van der Waals surface area contributed by atoms with Gasteiger partial charge in [-0.3, -0.25) is 57.5 Å². The third kappa shape index (κ3) is 17.0. The molecule has 24 heteroatoms. The van der Waals surface area contributed by atoms with Gasteiger partial charge < -0.3 is 29.5 Å². The number of carbonyl (C=O) groups excluding carboxylic acids is 9. The minimum Gasteiger partial charge on any atom is -0.481 e. The Labute approximate surface area is 555 Å². The predicted octanol–water partition coefficient (Wildman–Crippen LogP) is 10.7. The van der Waals surface area contributed by atoms with Crippen LogP contribution in [-0.2, 0) is 71.7 Å². The third-order valence-corrected chi connectivity index (χ3v) is 16.2. The highest BCUT2D eigenvalue weighted by Gasteiger charge is 2.62. The first-order chi connectivity index (χ1) is 46.2. The second-order valence-corrected chi connectivity index (χ2v) is 22.9. The molecule has 0 unspecified atom stereocenters. The summed E-state index contributed by atoms with van der Waals surface area (Å²) in [5.74, 6) is -8.49. The van der Waals surface area contributed by atoms with Gasteiger partial charge in [0.25, 0.3) is 35.4 Å². The van der Waals surface area contributed by atoms with E-state index in [-0.39, 0.29) is 57.8 Å². The fourth-order valence-electron chi connectivity index (χ4n) is 11.0. The summed E-state index contributed by atoms with van der Waals surface area (Å²) in [6, 6.07) is 52.9. The van der Waals surface area contributed by atoms with Crippen LogP contribution in [0.1, 0.15) is 117 Å². The maximum absolute atomic E-state index is 13.8. The molecule has 0 radical (unpaired) electrons. The normalized spacial score (nSPS) is 15.2. The molecule has 3 heterocycles. The first-order valence-corrected chi connectivity index (χ1v) is 31.7. The number of esters is 3. The highest BCUT2D eigenvalue weighted by molar-refractivity contribution is 6.28. The maximum atomic E-state index is 13.8. The number of carboxylic acids is 3. The Morgan fingerprint density at radius 2 is 0.458 bits per heavy atom. The number of anilines is 6. The van der Waals surface area contributed by atoms with Crippen molar-refractivity contribution in [3.8, 4) is 0 Å². The fraction of sp³-hybridized carbons (Fsp3) is 0.333. The van der Waals surface area contributed by atoms with E-state index in [1.165, 1.54) is 30.1 Å². The second kappa shape index (κ2) is 34.2. The molecule has 3 aliphatic heterocycles. The number of hydrazine groups is 3. The summed E-state index contributed by atoms with van der Waals surface area (Å²) in [5, 5.41) is 34.3. The monoisotopic (exact) mass is 1310 g/mol. The van der Waals surface area contributed by atoms with E-state index in [0.717, 1.165) is 19.3 Å². The van der Waals surface area contributed by atoms with E-state index in [1.807, 2.05) is 57.2 Å². The molecule has 3 saturated heterocycles. The molecule has 0 aliphatic carbocycles. The lowest BCUT2D eigenvalue weighted by Gasteiger charge is -2.27. The first-order valence-electron chi connectivity index (χ1n) is 31.7. The zero-order valence-corrected chi connectivity index (χ0v) is 53.7. The summed E-state index contributed by atoms with van der Waals surface area (Å²) in [6.07, 6.45) is 2.47. The number of hydrogen-bond acceptors (Lipinski definition) is 15. The van der Waals surface area contributed by atoms with Crippen molar-refractivity contribution < 1.29 is 87.1 Å². The Bertz CT molecular complexity index is 3140. The highest BCUT2D eigenvalue weighted by Crippen LogP contribution is 2.45. The quantitative estimate of drug-likeness (QED) is 0.0214. The number of ether oxygens (including phenoxy) is 3. The molecule has 0 spiro atoms. The van der Waals surface area contributed by atoms with E-state index in [4.69, 9.17) is 29.5 Å². The van der Waals surface area contributed by atoms with Crippen molar-refractivity contribution in [3.05, 3.63) is 182 Å². The number of carboxylic acid groups (broad SMARTS) is 3. The summed E-state index contributed by atoms with van der Waals surface area (Å²) >= 11 is 0. The van der Waals surface area contributed by atoms with E-state index in [9.17, 15) is 57.5 Å². The number of para-hydroxylation sites is 6. The molecule has 3 aliphatic rings. The van der Waals surface area contributed by atoms with Crippen LogP contribution in [0, 0.1) is 16.2 Å². The van der Waals surface area contributed by atoms with E-state index < -0.39 is 107 Å². The minimum atomic E-state index is -1.58. The molecule has 6 aromatic rings. The first kappa shape index (κ1) is 72.4. The van der Waals surface area contributed by atoms with Crippen molar-refractivity contribution in [1.82, 2.24) is 0 Å². The van der Waals surface area contributed by atoms with Gasteiger partial charge in [-0.2, -0.15) is 0 Å². The fourth-order valence-corrected chi connectivity index (χ4v) is 11.0. The summed E-state index contributed by atoms with van der Waals surface area (Å²) in [6.45, 7) is 4.53. The summed E-state index contributed by atoms with van der Waals surface area (Å²) in [4.78, 5) is 151. The highest BCUT2D eigenvalue weighted by atomic mass is 16.5. The number of nitrogens with zero attached hydrogens (tertiary/aromatic N) is 6. The summed E-state index contributed by atoms with van der Waals surface area (Å²) in [5.41, 5.74) is -1.64. The van der Waals surface area contributed by atoms with Gasteiger partial charge in [-0.05, 0) is 92.1 Å². The van der Waals surface area contributed by atoms with Crippen LogP contribution in [0.2, 0.25) is 0 Å². The Kier molecular flexibility index (Phi) is 25.8. The van der Waals surface area contributed by atoms with E-state index in [1.54, 1.807) is 146 Å². The number of rotatable bonds is 30. The number of aliphatic carboxylic acids is 3. The van der Waals surface area contributed by atoms with Gasteiger partial charge in [-0.1, -0.05) is 168 Å². The van der Waals surface area contributed by atoms with Gasteiger partial charge in [-0.15, -0.1) is 0 Å². The van der Waals surface area contributed by atoms with Crippen molar-refractivity contribution in [3.63, 3.8) is 0 Å². The molecule has 24 nitrogen and oxygen atoms in total. The van der Waals surface area contributed by atoms with Gasteiger partial charge >= 0.3 is 35.8 Å². The van der Waals surface area contributed by atoms with Gasteiger partial charge in [-0.25, -0.2) is 30.1 Å². The van der Waals surface area contributed by atoms with Crippen molar-refractivity contribution >= 4 is 105 Å². The summed E-state index contributed by atoms with van der Waals surface area (Å²) < 4.78 is 15.9. The Morgan fingerprint density at radius 1 is 0.292 bits per heavy atom. The molecule has 0 saturated carbocycles. The Hall–Kier alpha value is -11.0. The van der Waals surface area contributed by atoms with Crippen molar-refractivity contribution in [2.75, 3.05) is 49.9 Å². The average Bonchev–Trinajstić information content (AvgIpc) is 1.60. The number of amides is 6. The van der Waals surface area contributed by atoms with E-state index in [0.29, 0.717) is 53.4 Å². The Morgan fingerprint density at radius 3 is 0.604 bits per heavy atom. The van der Waals surface area contributed by atoms with Crippen LogP contribution in [0.15, 0.2) is 182 Å². The molecule has 9 rings (SSSR count). The molecule has 6 amide bonds. The minimum absolute atomic E-state index is 0.208. The zero-order chi connectivity index (χ0) is 69.4. The number of unbranched alkanes of at least 4 members (excludes halogenated alkanes) is 3. The van der Waals surface area contributed by atoms with Crippen molar-refractivity contribution in [2.45, 2.75) is 117 Å². The molecule has 504 valence electrons. The SMILES string of the molecule is CCCCC1(COC(=O)CCC(=O)O)C(=O)N(c2ccccc2)N(c2ccccc2)C1=O.CCCCC1(COC(=O)CCC(=O)O)C(=O)N(c2ccccc2)N(c2ccccc2)C1=O.CCCCC1(COC(=O)CCC(=O)O)C(=O)N(c2ccccc2)N(c2ccccc2)C1=O.